The lowest BCUT2D eigenvalue weighted by Crippen LogP contribution is -2.33. The van der Waals surface area contributed by atoms with Crippen molar-refractivity contribution in [3.63, 3.8) is 0 Å². The lowest BCUT2D eigenvalue weighted by atomic mass is 10.1. The van der Waals surface area contributed by atoms with Crippen molar-refractivity contribution in [3.05, 3.63) is 23.8 Å². The Morgan fingerprint density at radius 1 is 1.15 bits per heavy atom. The van der Waals surface area contributed by atoms with Crippen molar-refractivity contribution in [2.75, 3.05) is 13.2 Å². The van der Waals surface area contributed by atoms with Crippen molar-refractivity contribution in [1.82, 2.24) is 0 Å². The largest absolute Gasteiger partial charge is 0.490 e. The Kier molecular flexibility index (Phi) is 3.83. The van der Waals surface area contributed by atoms with Crippen LogP contribution in [-0.4, -0.2) is 27.8 Å². The third-order valence-corrected chi connectivity index (χ3v) is 3.90. The molecule has 20 heavy (non-hydrogen) atoms. The second-order valence-electron chi connectivity index (χ2n) is 4.27. The molecule has 0 aliphatic carbocycles. The first-order chi connectivity index (χ1) is 9.19. The van der Waals surface area contributed by atoms with Gasteiger partial charge < -0.3 is 9.47 Å². The van der Waals surface area contributed by atoms with Crippen LogP contribution in [0.15, 0.2) is 18.2 Å². The van der Waals surface area contributed by atoms with Gasteiger partial charge in [-0.15, -0.1) is 0 Å². The number of benzene rings is 1. The van der Waals surface area contributed by atoms with Crippen LogP contribution in [0.2, 0.25) is 0 Å². The molecule has 0 spiro atoms. The first-order valence-electron chi connectivity index (χ1n) is 5.67. The zero-order valence-corrected chi connectivity index (χ0v) is 11.0. The van der Waals surface area contributed by atoms with E-state index in [2.05, 4.69) is 5.14 Å². The van der Waals surface area contributed by atoms with Crippen molar-refractivity contribution in [2.45, 2.75) is 17.8 Å². The zero-order valence-electron chi connectivity index (χ0n) is 10.2. The van der Waals surface area contributed by atoms with Crippen molar-refractivity contribution < 1.29 is 31.1 Å². The summed E-state index contributed by atoms with van der Waals surface area (Å²) in [5.41, 5.74) is -0.496. The van der Waals surface area contributed by atoms with Gasteiger partial charge in [0.2, 0.25) is 10.0 Å². The van der Waals surface area contributed by atoms with E-state index in [4.69, 9.17) is 9.47 Å². The third-order valence-electron chi connectivity index (χ3n) is 2.70. The maximum absolute atomic E-state index is 12.9. The van der Waals surface area contributed by atoms with E-state index in [1.165, 1.54) is 6.07 Å². The molecule has 1 aromatic carbocycles. The van der Waals surface area contributed by atoms with Crippen LogP contribution in [0.1, 0.15) is 17.2 Å². The summed E-state index contributed by atoms with van der Waals surface area (Å²) in [6, 6.07) is 3.28. The van der Waals surface area contributed by atoms with Gasteiger partial charge in [0.15, 0.2) is 16.7 Å². The van der Waals surface area contributed by atoms with E-state index >= 15 is 0 Å². The molecule has 5 nitrogen and oxygen atoms in total. The maximum Gasteiger partial charge on any atom is 0.410 e. The van der Waals surface area contributed by atoms with Gasteiger partial charge in [-0.2, -0.15) is 13.2 Å². The van der Waals surface area contributed by atoms with E-state index in [9.17, 15) is 21.6 Å². The zero-order chi connectivity index (χ0) is 15.0. The Bertz CT molecular complexity index is 600. The predicted molar refractivity (Wildman–Crippen MR) is 64.0 cm³/mol. The van der Waals surface area contributed by atoms with Gasteiger partial charge in [0, 0.05) is 6.42 Å². The molecule has 1 aromatic rings. The molecule has 1 unspecified atom stereocenters. The highest BCUT2D eigenvalue weighted by Crippen LogP contribution is 2.41. The first kappa shape index (κ1) is 14.9. The fourth-order valence-corrected chi connectivity index (χ4v) is 2.81. The molecule has 0 bridgehead atoms. The van der Waals surface area contributed by atoms with Crippen molar-refractivity contribution in [2.24, 2.45) is 5.14 Å². The van der Waals surface area contributed by atoms with Crippen LogP contribution in [0.4, 0.5) is 13.2 Å². The van der Waals surface area contributed by atoms with Gasteiger partial charge in [-0.1, -0.05) is 6.07 Å². The highest BCUT2D eigenvalue weighted by Gasteiger charge is 2.48. The maximum atomic E-state index is 12.9. The fourth-order valence-electron chi connectivity index (χ4n) is 1.91. The van der Waals surface area contributed by atoms with Crippen LogP contribution in [0, 0.1) is 0 Å². The molecule has 2 N–H and O–H groups in total. The monoisotopic (exact) mass is 311 g/mol. The highest BCUT2D eigenvalue weighted by molar-refractivity contribution is 7.89. The smallest absolute Gasteiger partial charge is 0.410 e. The number of hydrogen-bond donors (Lipinski definition) is 1. The van der Waals surface area contributed by atoms with Crippen molar-refractivity contribution in [3.8, 4) is 11.5 Å². The summed E-state index contributed by atoms with van der Waals surface area (Å²) >= 11 is 0. The van der Waals surface area contributed by atoms with Crippen LogP contribution in [0.25, 0.3) is 0 Å². The molecular weight excluding hydrogens is 299 g/mol. The number of primary sulfonamides is 1. The Labute approximate surface area is 113 Å². The van der Waals surface area contributed by atoms with Crippen LogP contribution in [0.5, 0.6) is 11.5 Å². The van der Waals surface area contributed by atoms with Gasteiger partial charge in [0.1, 0.15) is 0 Å². The molecule has 1 heterocycles. The van der Waals surface area contributed by atoms with E-state index < -0.39 is 27.0 Å². The van der Waals surface area contributed by atoms with Gasteiger partial charge in [0.25, 0.3) is 0 Å². The van der Waals surface area contributed by atoms with E-state index in [1.807, 2.05) is 0 Å². The van der Waals surface area contributed by atoms with Crippen molar-refractivity contribution in [1.29, 1.82) is 0 Å². The number of ether oxygens (including phenoxy) is 2. The molecule has 0 aromatic heterocycles. The van der Waals surface area contributed by atoms with E-state index in [-0.39, 0.29) is 18.1 Å². The average Bonchev–Trinajstić information content (AvgIpc) is 2.49. The van der Waals surface area contributed by atoms with Crippen molar-refractivity contribution >= 4 is 10.0 Å². The average molecular weight is 311 g/mol. The number of sulfonamides is 1. The third kappa shape index (κ3) is 3.15. The molecule has 0 saturated carbocycles. The molecule has 0 radical (unpaired) electrons. The molecular formula is C11H12F3NO4S. The minimum absolute atomic E-state index is 0.0814. The first-order valence-corrected chi connectivity index (χ1v) is 7.28. The summed E-state index contributed by atoms with van der Waals surface area (Å²) < 4.78 is 71.6. The predicted octanol–water partition coefficient (Wildman–Crippen LogP) is 1.74. The number of rotatable bonds is 2. The van der Waals surface area contributed by atoms with Crippen LogP contribution < -0.4 is 14.6 Å². The van der Waals surface area contributed by atoms with Gasteiger partial charge in [-0.25, -0.2) is 13.6 Å². The molecule has 9 heteroatoms. The SMILES string of the molecule is NS(=O)(=O)C(c1ccc2c(c1)OCCCO2)C(F)(F)F. The normalized spacial score (nSPS) is 17.4. The molecule has 0 saturated heterocycles. The molecule has 0 amide bonds. The molecule has 1 atom stereocenters. The lowest BCUT2D eigenvalue weighted by molar-refractivity contribution is -0.131. The Morgan fingerprint density at radius 3 is 2.30 bits per heavy atom. The highest BCUT2D eigenvalue weighted by atomic mass is 32.2. The Morgan fingerprint density at radius 2 is 1.75 bits per heavy atom. The number of halogens is 3. The topological polar surface area (TPSA) is 78.6 Å². The number of fused-ring (bicyclic) bond motifs is 1. The summed E-state index contributed by atoms with van der Waals surface area (Å²) in [5, 5.41) is 1.90. The standard InChI is InChI=1S/C11H12F3NO4S/c12-11(13,14)10(20(15,16)17)7-2-3-8-9(6-7)19-5-1-4-18-8/h2-3,6,10H,1,4-5H2,(H2,15,16,17). The summed E-state index contributed by atoms with van der Waals surface area (Å²) in [5.74, 6) is 0.361. The Hall–Kier alpha value is -1.48. The number of nitrogens with two attached hydrogens (primary N) is 1. The van der Waals surface area contributed by atoms with Crippen LogP contribution in [0.3, 0.4) is 0 Å². The summed E-state index contributed by atoms with van der Waals surface area (Å²) in [6.45, 7) is 0.659. The molecule has 1 aliphatic rings. The quantitative estimate of drug-likeness (QED) is 0.902. The summed E-state index contributed by atoms with van der Waals surface area (Å²) in [6.07, 6.45) is -4.42. The van der Waals surface area contributed by atoms with Gasteiger partial charge >= 0.3 is 6.18 Å². The Balaban J connectivity index is 2.48. The second kappa shape index (κ2) is 5.13. The van der Waals surface area contributed by atoms with Gasteiger partial charge in [-0.05, 0) is 17.7 Å². The van der Waals surface area contributed by atoms with E-state index in [0.717, 1.165) is 12.1 Å². The van der Waals surface area contributed by atoms with E-state index in [0.29, 0.717) is 13.0 Å². The summed E-state index contributed by atoms with van der Waals surface area (Å²) in [7, 11) is -4.83. The lowest BCUT2D eigenvalue weighted by Gasteiger charge is -2.19. The fraction of sp³-hybridized carbons (Fsp3) is 0.455. The number of hydrogen-bond acceptors (Lipinski definition) is 4. The van der Waals surface area contributed by atoms with Crippen LogP contribution in [-0.2, 0) is 10.0 Å². The van der Waals surface area contributed by atoms with Crippen LogP contribution >= 0.6 is 0 Å². The minimum atomic E-state index is -5.01. The van der Waals surface area contributed by atoms with Gasteiger partial charge in [0.05, 0.1) is 13.2 Å². The second-order valence-corrected chi connectivity index (χ2v) is 5.92. The molecule has 112 valence electrons. The minimum Gasteiger partial charge on any atom is -0.490 e. The number of alkyl halides is 3. The van der Waals surface area contributed by atoms with Gasteiger partial charge in [-0.3, -0.25) is 0 Å². The molecule has 2 rings (SSSR count). The summed E-state index contributed by atoms with van der Waals surface area (Å²) in [4.78, 5) is 0. The molecule has 1 aliphatic heterocycles. The molecule has 0 fully saturated rings. The van der Waals surface area contributed by atoms with E-state index in [1.54, 1.807) is 0 Å².